The maximum absolute atomic E-state index is 12.3. The van der Waals surface area contributed by atoms with Gasteiger partial charge in [-0.05, 0) is 30.7 Å². The van der Waals surface area contributed by atoms with Crippen LogP contribution < -0.4 is 0 Å². The van der Waals surface area contributed by atoms with Crippen molar-refractivity contribution in [2.24, 2.45) is 5.92 Å². The van der Waals surface area contributed by atoms with Crippen LogP contribution >= 0.6 is 0 Å². The summed E-state index contributed by atoms with van der Waals surface area (Å²) in [4.78, 5) is 27.2. The van der Waals surface area contributed by atoms with Gasteiger partial charge >= 0.3 is 6.09 Å². The van der Waals surface area contributed by atoms with Crippen LogP contribution in [0, 0.1) is 5.92 Å². The molecule has 0 radical (unpaired) electrons. The summed E-state index contributed by atoms with van der Waals surface area (Å²) in [6.45, 7) is 2.11. The van der Waals surface area contributed by atoms with Gasteiger partial charge in [0.05, 0.1) is 7.11 Å². The minimum atomic E-state index is -0.248. The van der Waals surface area contributed by atoms with Gasteiger partial charge < -0.3 is 14.5 Å². The Bertz CT molecular complexity index is 510. The second-order valence-electron chi connectivity index (χ2n) is 6.17. The topological polar surface area (TPSA) is 49.9 Å². The Morgan fingerprint density at radius 1 is 1.22 bits per heavy atom. The van der Waals surface area contributed by atoms with Crippen molar-refractivity contribution in [1.29, 1.82) is 0 Å². The molecule has 0 aromatic heterocycles. The SMILES string of the molecule is COC(=O)N1CCC(CCC(=O)N(C)Cc2ccccc2)CC1. The molecule has 0 spiro atoms. The van der Waals surface area contributed by atoms with Crippen molar-refractivity contribution in [3.63, 3.8) is 0 Å². The minimum absolute atomic E-state index is 0.184. The van der Waals surface area contributed by atoms with E-state index < -0.39 is 0 Å². The summed E-state index contributed by atoms with van der Waals surface area (Å²) in [6, 6.07) is 10.0. The fraction of sp³-hybridized carbons (Fsp3) is 0.556. The Hall–Kier alpha value is -2.04. The number of likely N-dealkylation sites (tertiary alicyclic amines) is 1. The highest BCUT2D eigenvalue weighted by Crippen LogP contribution is 2.22. The monoisotopic (exact) mass is 318 g/mol. The second kappa shape index (κ2) is 8.56. The Labute approximate surface area is 138 Å². The van der Waals surface area contributed by atoms with Gasteiger partial charge in [-0.2, -0.15) is 0 Å². The molecule has 0 unspecified atom stereocenters. The van der Waals surface area contributed by atoms with Crippen molar-refractivity contribution in [3.8, 4) is 0 Å². The third kappa shape index (κ3) is 5.27. The standard InChI is InChI=1S/C18H26N2O3/c1-19(14-16-6-4-3-5-7-16)17(21)9-8-15-10-12-20(13-11-15)18(22)23-2/h3-7,15H,8-14H2,1-2H3. The third-order valence-electron chi connectivity index (χ3n) is 4.50. The van der Waals surface area contributed by atoms with Crippen LogP contribution in [0.25, 0.3) is 0 Å². The number of hydrogen-bond acceptors (Lipinski definition) is 3. The zero-order chi connectivity index (χ0) is 16.7. The molecule has 23 heavy (non-hydrogen) atoms. The lowest BCUT2D eigenvalue weighted by Crippen LogP contribution is -2.38. The van der Waals surface area contributed by atoms with Gasteiger partial charge in [0.2, 0.25) is 5.91 Å². The van der Waals surface area contributed by atoms with E-state index in [1.54, 1.807) is 9.80 Å². The van der Waals surface area contributed by atoms with Crippen LogP contribution in [0.15, 0.2) is 30.3 Å². The number of ether oxygens (including phenoxy) is 1. The summed E-state index contributed by atoms with van der Waals surface area (Å²) in [5, 5.41) is 0. The molecule has 0 aliphatic carbocycles. The lowest BCUT2D eigenvalue weighted by Gasteiger charge is -2.31. The predicted octanol–water partition coefficient (Wildman–Crippen LogP) is 2.90. The number of methoxy groups -OCH3 is 1. The molecular weight excluding hydrogens is 292 g/mol. The number of rotatable bonds is 5. The van der Waals surface area contributed by atoms with Gasteiger partial charge in [0.25, 0.3) is 0 Å². The number of carbonyl (C=O) groups excluding carboxylic acids is 2. The van der Waals surface area contributed by atoms with E-state index in [0.29, 0.717) is 18.9 Å². The highest BCUT2D eigenvalue weighted by atomic mass is 16.5. The van der Waals surface area contributed by atoms with E-state index in [-0.39, 0.29) is 12.0 Å². The Morgan fingerprint density at radius 3 is 2.48 bits per heavy atom. The van der Waals surface area contributed by atoms with Crippen molar-refractivity contribution in [1.82, 2.24) is 9.80 Å². The van der Waals surface area contributed by atoms with Gasteiger partial charge in [-0.1, -0.05) is 30.3 Å². The Kier molecular flexibility index (Phi) is 6.44. The first-order chi connectivity index (χ1) is 11.1. The normalized spacial score (nSPS) is 15.3. The van der Waals surface area contributed by atoms with Crippen LogP contribution in [0.1, 0.15) is 31.2 Å². The van der Waals surface area contributed by atoms with Gasteiger partial charge in [-0.15, -0.1) is 0 Å². The number of piperidine rings is 1. The average Bonchev–Trinajstić information content (AvgIpc) is 2.60. The first-order valence-corrected chi connectivity index (χ1v) is 8.21. The fourth-order valence-electron chi connectivity index (χ4n) is 3.00. The molecule has 1 fully saturated rings. The summed E-state index contributed by atoms with van der Waals surface area (Å²) in [7, 11) is 3.27. The van der Waals surface area contributed by atoms with Crippen molar-refractivity contribution in [2.75, 3.05) is 27.2 Å². The Balaban J connectivity index is 1.69. The van der Waals surface area contributed by atoms with Gasteiger partial charge in [-0.3, -0.25) is 4.79 Å². The summed E-state index contributed by atoms with van der Waals surface area (Å²) < 4.78 is 4.74. The van der Waals surface area contributed by atoms with Crippen LogP contribution in [0.4, 0.5) is 4.79 Å². The molecular formula is C18H26N2O3. The maximum atomic E-state index is 12.3. The molecule has 126 valence electrons. The van der Waals surface area contributed by atoms with Crippen LogP contribution in [0.3, 0.4) is 0 Å². The summed E-state index contributed by atoms with van der Waals surface area (Å²) in [5.41, 5.74) is 1.15. The number of carbonyl (C=O) groups is 2. The van der Waals surface area contributed by atoms with Crippen molar-refractivity contribution >= 4 is 12.0 Å². The van der Waals surface area contributed by atoms with E-state index in [9.17, 15) is 9.59 Å². The minimum Gasteiger partial charge on any atom is -0.453 e. The molecule has 0 bridgehead atoms. The van der Waals surface area contributed by atoms with E-state index in [1.807, 2.05) is 37.4 Å². The lowest BCUT2D eigenvalue weighted by molar-refractivity contribution is -0.130. The van der Waals surface area contributed by atoms with Gasteiger partial charge in [0.1, 0.15) is 0 Å². The average molecular weight is 318 g/mol. The van der Waals surface area contributed by atoms with Gasteiger partial charge in [-0.25, -0.2) is 4.79 Å². The predicted molar refractivity (Wildman–Crippen MR) is 88.9 cm³/mol. The highest BCUT2D eigenvalue weighted by Gasteiger charge is 2.23. The zero-order valence-corrected chi connectivity index (χ0v) is 14.0. The van der Waals surface area contributed by atoms with E-state index in [1.165, 1.54) is 7.11 Å². The van der Waals surface area contributed by atoms with Crippen molar-refractivity contribution in [3.05, 3.63) is 35.9 Å². The van der Waals surface area contributed by atoms with E-state index in [0.717, 1.165) is 37.9 Å². The molecule has 1 aliphatic heterocycles. The number of nitrogens with zero attached hydrogens (tertiary/aromatic N) is 2. The van der Waals surface area contributed by atoms with Crippen molar-refractivity contribution < 1.29 is 14.3 Å². The number of amides is 2. The van der Waals surface area contributed by atoms with E-state index in [4.69, 9.17) is 4.74 Å². The van der Waals surface area contributed by atoms with Crippen molar-refractivity contribution in [2.45, 2.75) is 32.2 Å². The Morgan fingerprint density at radius 2 is 1.87 bits per heavy atom. The summed E-state index contributed by atoms with van der Waals surface area (Å²) in [5.74, 6) is 0.703. The fourth-order valence-corrected chi connectivity index (χ4v) is 3.00. The van der Waals surface area contributed by atoms with Crippen LogP contribution in [-0.2, 0) is 16.1 Å². The zero-order valence-electron chi connectivity index (χ0n) is 14.0. The van der Waals surface area contributed by atoms with Crippen LogP contribution in [0.5, 0.6) is 0 Å². The quantitative estimate of drug-likeness (QED) is 0.839. The van der Waals surface area contributed by atoms with Gasteiger partial charge in [0, 0.05) is 33.1 Å². The molecule has 1 saturated heterocycles. The van der Waals surface area contributed by atoms with Crippen LogP contribution in [0.2, 0.25) is 0 Å². The van der Waals surface area contributed by atoms with E-state index >= 15 is 0 Å². The summed E-state index contributed by atoms with van der Waals surface area (Å²) >= 11 is 0. The molecule has 5 nitrogen and oxygen atoms in total. The first-order valence-electron chi connectivity index (χ1n) is 8.21. The molecule has 1 aromatic carbocycles. The van der Waals surface area contributed by atoms with Gasteiger partial charge in [0.15, 0.2) is 0 Å². The molecule has 5 heteroatoms. The van der Waals surface area contributed by atoms with E-state index in [2.05, 4.69) is 0 Å². The van der Waals surface area contributed by atoms with Crippen LogP contribution in [-0.4, -0.2) is 49.0 Å². The number of hydrogen-bond donors (Lipinski definition) is 0. The molecule has 1 aliphatic rings. The molecule has 2 amide bonds. The largest absolute Gasteiger partial charge is 0.453 e. The smallest absolute Gasteiger partial charge is 0.409 e. The lowest BCUT2D eigenvalue weighted by atomic mass is 9.92. The number of benzene rings is 1. The molecule has 1 aromatic rings. The highest BCUT2D eigenvalue weighted by molar-refractivity contribution is 5.75. The molecule has 2 rings (SSSR count). The third-order valence-corrected chi connectivity index (χ3v) is 4.50. The molecule has 0 saturated carbocycles. The second-order valence-corrected chi connectivity index (χ2v) is 6.17. The maximum Gasteiger partial charge on any atom is 0.409 e. The molecule has 0 N–H and O–H groups in total. The molecule has 1 heterocycles. The first kappa shape index (κ1) is 17.3. The molecule has 0 atom stereocenters. The summed E-state index contributed by atoms with van der Waals surface area (Å²) in [6.07, 6.45) is 3.12.